The highest BCUT2D eigenvalue weighted by Gasteiger charge is 1.94. The van der Waals surface area contributed by atoms with Gasteiger partial charge in [0.15, 0.2) is 0 Å². The average Bonchev–Trinajstić information content (AvgIpc) is 2.37. The van der Waals surface area contributed by atoms with Gasteiger partial charge < -0.3 is 5.32 Å². The van der Waals surface area contributed by atoms with E-state index in [1.54, 1.807) is 12.5 Å². The molecule has 16 heavy (non-hydrogen) atoms. The van der Waals surface area contributed by atoms with E-state index in [0.717, 1.165) is 25.1 Å². The SMILES string of the molecule is c1cncc(CCNCc2cncnc2)c1. The molecular weight excluding hydrogens is 200 g/mol. The van der Waals surface area contributed by atoms with Crippen molar-refractivity contribution in [2.24, 2.45) is 0 Å². The third kappa shape index (κ3) is 3.40. The van der Waals surface area contributed by atoms with Crippen LogP contribution in [0.5, 0.6) is 0 Å². The Balaban J connectivity index is 1.70. The zero-order valence-electron chi connectivity index (χ0n) is 9.00. The van der Waals surface area contributed by atoms with Crippen LogP contribution in [0.15, 0.2) is 43.2 Å². The third-order valence-electron chi connectivity index (χ3n) is 2.26. The number of hydrogen-bond donors (Lipinski definition) is 1. The maximum atomic E-state index is 4.07. The van der Waals surface area contributed by atoms with Gasteiger partial charge in [-0.2, -0.15) is 0 Å². The Hall–Kier alpha value is -1.81. The molecule has 0 saturated carbocycles. The van der Waals surface area contributed by atoms with E-state index in [9.17, 15) is 0 Å². The highest BCUT2D eigenvalue weighted by atomic mass is 14.9. The summed E-state index contributed by atoms with van der Waals surface area (Å²) in [6.45, 7) is 1.74. The van der Waals surface area contributed by atoms with Gasteiger partial charge in [-0.3, -0.25) is 4.98 Å². The Morgan fingerprint density at radius 1 is 1.00 bits per heavy atom. The maximum absolute atomic E-state index is 4.07. The highest BCUT2D eigenvalue weighted by Crippen LogP contribution is 1.96. The monoisotopic (exact) mass is 214 g/mol. The predicted octanol–water partition coefficient (Wildman–Crippen LogP) is 1.20. The Labute approximate surface area is 94.8 Å². The summed E-state index contributed by atoms with van der Waals surface area (Å²) in [6.07, 6.45) is 9.86. The highest BCUT2D eigenvalue weighted by molar-refractivity contribution is 5.09. The van der Waals surface area contributed by atoms with Gasteiger partial charge in [0.1, 0.15) is 6.33 Å². The van der Waals surface area contributed by atoms with Crippen molar-refractivity contribution in [1.29, 1.82) is 0 Å². The molecular formula is C12H14N4. The maximum Gasteiger partial charge on any atom is 0.115 e. The molecule has 0 fully saturated rings. The largest absolute Gasteiger partial charge is 0.312 e. The van der Waals surface area contributed by atoms with Crippen molar-refractivity contribution in [1.82, 2.24) is 20.3 Å². The van der Waals surface area contributed by atoms with Crippen LogP contribution in [0, 0.1) is 0 Å². The summed E-state index contributed by atoms with van der Waals surface area (Å²) in [5.41, 5.74) is 2.35. The predicted molar refractivity (Wildman–Crippen MR) is 61.7 cm³/mol. The summed E-state index contributed by atoms with van der Waals surface area (Å²) in [4.78, 5) is 12.0. The average molecular weight is 214 g/mol. The summed E-state index contributed by atoms with van der Waals surface area (Å²) in [5, 5.41) is 3.34. The van der Waals surface area contributed by atoms with E-state index in [-0.39, 0.29) is 0 Å². The lowest BCUT2D eigenvalue weighted by atomic mass is 10.2. The fourth-order valence-corrected chi connectivity index (χ4v) is 1.43. The van der Waals surface area contributed by atoms with E-state index in [1.165, 1.54) is 5.56 Å². The van der Waals surface area contributed by atoms with Crippen LogP contribution in [0.1, 0.15) is 11.1 Å². The van der Waals surface area contributed by atoms with Gasteiger partial charge in [0, 0.05) is 36.9 Å². The molecule has 0 aliphatic rings. The van der Waals surface area contributed by atoms with E-state index in [4.69, 9.17) is 0 Å². The second-order valence-corrected chi connectivity index (χ2v) is 3.53. The van der Waals surface area contributed by atoms with Gasteiger partial charge in [-0.1, -0.05) is 6.07 Å². The molecule has 0 aromatic carbocycles. The molecule has 4 heteroatoms. The lowest BCUT2D eigenvalue weighted by Gasteiger charge is -2.03. The molecule has 0 amide bonds. The van der Waals surface area contributed by atoms with E-state index < -0.39 is 0 Å². The molecule has 0 aliphatic heterocycles. The molecule has 82 valence electrons. The zero-order valence-corrected chi connectivity index (χ0v) is 9.00. The van der Waals surface area contributed by atoms with Crippen LogP contribution < -0.4 is 5.32 Å². The number of nitrogens with one attached hydrogen (secondary N) is 1. The topological polar surface area (TPSA) is 50.7 Å². The first-order valence-corrected chi connectivity index (χ1v) is 5.28. The van der Waals surface area contributed by atoms with Gasteiger partial charge in [0.25, 0.3) is 0 Å². The second kappa shape index (κ2) is 5.92. The quantitative estimate of drug-likeness (QED) is 0.760. The molecule has 2 aromatic rings. The molecule has 0 bridgehead atoms. The summed E-state index contributed by atoms with van der Waals surface area (Å²) >= 11 is 0. The molecule has 0 atom stereocenters. The molecule has 2 rings (SSSR count). The Morgan fingerprint density at radius 2 is 1.81 bits per heavy atom. The Morgan fingerprint density at radius 3 is 2.56 bits per heavy atom. The van der Waals surface area contributed by atoms with Crippen LogP contribution >= 0.6 is 0 Å². The fourth-order valence-electron chi connectivity index (χ4n) is 1.43. The minimum absolute atomic E-state index is 0.807. The van der Waals surface area contributed by atoms with Crippen molar-refractivity contribution in [3.63, 3.8) is 0 Å². The number of nitrogens with zero attached hydrogens (tertiary/aromatic N) is 3. The van der Waals surface area contributed by atoms with E-state index >= 15 is 0 Å². The minimum Gasteiger partial charge on any atom is -0.312 e. The lowest BCUT2D eigenvalue weighted by Crippen LogP contribution is -2.16. The zero-order chi connectivity index (χ0) is 11.1. The van der Waals surface area contributed by atoms with Crippen LogP contribution in [-0.4, -0.2) is 21.5 Å². The smallest absolute Gasteiger partial charge is 0.115 e. The molecule has 4 nitrogen and oxygen atoms in total. The molecule has 0 spiro atoms. The molecule has 0 radical (unpaired) electrons. The molecule has 1 N–H and O–H groups in total. The first-order valence-electron chi connectivity index (χ1n) is 5.28. The van der Waals surface area contributed by atoms with Crippen LogP contribution in [0.2, 0.25) is 0 Å². The fraction of sp³-hybridized carbons (Fsp3) is 0.250. The van der Waals surface area contributed by atoms with Crippen LogP contribution in [0.25, 0.3) is 0 Å². The molecule has 0 aliphatic carbocycles. The van der Waals surface area contributed by atoms with Gasteiger partial charge in [-0.05, 0) is 24.6 Å². The van der Waals surface area contributed by atoms with Gasteiger partial charge in [0.2, 0.25) is 0 Å². The summed E-state index contributed by atoms with van der Waals surface area (Å²) in [7, 11) is 0. The van der Waals surface area contributed by atoms with Crippen LogP contribution in [0.3, 0.4) is 0 Å². The van der Waals surface area contributed by atoms with Crippen molar-refractivity contribution in [2.45, 2.75) is 13.0 Å². The summed E-state index contributed by atoms with van der Waals surface area (Å²) < 4.78 is 0. The van der Waals surface area contributed by atoms with E-state index in [1.807, 2.05) is 24.7 Å². The number of hydrogen-bond acceptors (Lipinski definition) is 4. The van der Waals surface area contributed by atoms with E-state index in [2.05, 4.69) is 26.3 Å². The van der Waals surface area contributed by atoms with Crippen LogP contribution in [0.4, 0.5) is 0 Å². The number of pyridine rings is 1. The molecule has 0 unspecified atom stereocenters. The first-order chi connectivity index (χ1) is 7.95. The number of rotatable bonds is 5. The van der Waals surface area contributed by atoms with Crippen molar-refractivity contribution in [3.05, 3.63) is 54.4 Å². The van der Waals surface area contributed by atoms with Gasteiger partial charge in [-0.15, -0.1) is 0 Å². The summed E-state index contributed by atoms with van der Waals surface area (Å²) in [6, 6.07) is 4.04. The molecule has 2 aromatic heterocycles. The Bertz CT molecular complexity index is 360. The van der Waals surface area contributed by atoms with Crippen LogP contribution in [-0.2, 0) is 13.0 Å². The second-order valence-electron chi connectivity index (χ2n) is 3.53. The van der Waals surface area contributed by atoms with E-state index in [0.29, 0.717) is 0 Å². The first kappa shape index (κ1) is 10.7. The van der Waals surface area contributed by atoms with Crippen molar-refractivity contribution in [2.75, 3.05) is 6.54 Å². The molecule has 2 heterocycles. The normalized spacial score (nSPS) is 10.2. The lowest BCUT2D eigenvalue weighted by molar-refractivity contribution is 0.682. The summed E-state index contributed by atoms with van der Waals surface area (Å²) in [5.74, 6) is 0. The third-order valence-corrected chi connectivity index (χ3v) is 2.26. The minimum atomic E-state index is 0.807. The standard InChI is InChI=1S/C12H14N4/c1-2-11(6-13-4-1)3-5-14-7-12-8-15-10-16-9-12/h1-2,4,6,8-10,14H,3,5,7H2. The Kier molecular flexibility index (Phi) is 3.96. The van der Waals surface area contributed by atoms with Crippen molar-refractivity contribution < 1.29 is 0 Å². The van der Waals surface area contributed by atoms with Crippen molar-refractivity contribution >= 4 is 0 Å². The van der Waals surface area contributed by atoms with Crippen molar-refractivity contribution in [3.8, 4) is 0 Å². The van der Waals surface area contributed by atoms with Gasteiger partial charge in [0.05, 0.1) is 0 Å². The molecule has 0 saturated heterocycles. The van der Waals surface area contributed by atoms with Gasteiger partial charge in [-0.25, -0.2) is 9.97 Å². The van der Waals surface area contributed by atoms with Gasteiger partial charge >= 0.3 is 0 Å². The number of aromatic nitrogens is 3.